The Morgan fingerprint density at radius 2 is 1.85 bits per heavy atom. The summed E-state index contributed by atoms with van der Waals surface area (Å²) in [4.78, 5) is 12.0. The Bertz CT molecular complexity index is 659. The molecule has 3 nitrogen and oxygen atoms in total. The molecule has 2 rings (SSSR count). The van der Waals surface area contributed by atoms with Crippen LogP contribution in [0.5, 0.6) is 5.75 Å². The molecule has 1 N–H and O–H groups in total. The van der Waals surface area contributed by atoms with Crippen LogP contribution in [0.3, 0.4) is 0 Å². The first-order valence-electron chi connectivity index (χ1n) is 5.62. The maximum atomic E-state index is 13.5. The second-order valence-corrected chi connectivity index (χ2v) is 3.90. The summed E-state index contributed by atoms with van der Waals surface area (Å²) in [5, 5.41) is 2.23. The van der Waals surface area contributed by atoms with Gasteiger partial charge in [-0.15, -0.1) is 0 Å². The molecule has 0 saturated carbocycles. The molecule has 0 fully saturated rings. The maximum absolute atomic E-state index is 13.5. The third kappa shape index (κ3) is 2.74. The average Bonchev–Trinajstić information content (AvgIpc) is 2.41. The van der Waals surface area contributed by atoms with Crippen molar-refractivity contribution in [1.29, 1.82) is 0 Å². The molecule has 0 aromatic heterocycles. The number of halogens is 3. The number of ether oxygens (including phenoxy) is 1. The van der Waals surface area contributed by atoms with Crippen molar-refractivity contribution in [3.63, 3.8) is 0 Å². The van der Waals surface area contributed by atoms with Crippen molar-refractivity contribution in [2.24, 2.45) is 0 Å². The zero-order valence-electron chi connectivity index (χ0n) is 10.4. The lowest BCUT2D eigenvalue weighted by molar-refractivity contribution is 0.102. The van der Waals surface area contributed by atoms with Crippen molar-refractivity contribution >= 4 is 11.6 Å². The van der Waals surface area contributed by atoms with E-state index in [-0.39, 0.29) is 17.0 Å². The minimum Gasteiger partial charge on any atom is -0.493 e. The number of benzene rings is 2. The van der Waals surface area contributed by atoms with E-state index in [4.69, 9.17) is 4.74 Å². The molecule has 0 atom stereocenters. The first kappa shape index (κ1) is 13.9. The molecule has 1 amide bonds. The van der Waals surface area contributed by atoms with Gasteiger partial charge in [0, 0.05) is 6.07 Å². The SMILES string of the molecule is COc1c(F)cccc1C(=O)Nc1ccc(F)cc1F. The Balaban J connectivity index is 2.31. The van der Waals surface area contributed by atoms with E-state index in [0.717, 1.165) is 18.2 Å². The van der Waals surface area contributed by atoms with Crippen molar-refractivity contribution in [3.8, 4) is 5.75 Å². The van der Waals surface area contributed by atoms with Gasteiger partial charge in [0.15, 0.2) is 11.6 Å². The summed E-state index contributed by atoms with van der Waals surface area (Å²) in [5.41, 5.74) is -0.293. The normalized spacial score (nSPS) is 10.2. The van der Waals surface area contributed by atoms with Gasteiger partial charge < -0.3 is 10.1 Å². The number of rotatable bonds is 3. The number of methoxy groups -OCH3 is 1. The van der Waals surface area contributed by atoms with Crippen molar-refractivity contribution < 1.29 is 22.7 Å². The molecule has 2 aromatic rings. The third-order valence-corrected chi connectivity index (χ3v) is 2.60. The standard InChI is InChI=1S/C14H10F3NO2/c1-20-13-9(3-2-4-10(13)16)14(19)18-12-6-5-8(15)7-11(12)17/h2-7H,1H3,(H,18,19). The predicted molar refractivity (Wildman–Crippen MR) is 67.3 cm³/mol. The number of carbonyl (C=O) groups is 1. The molecule has 0 spiro atoms. The van der Waals surface area contributed by atoms with Crippen LogP contribution in [-0.2, 0) is 0 Å². The van der Waals surface area contributed by atoms with Crippen LogP contribution in [0.4, 0.5) is 18.9 Å². The Labute approximate surface area is 113 Å². The Hall–Kier alpha value is -2.50. The summed E-state index contributed by atoms with van der Waals surface area (Å²) in [6, 6.07) is 6.51. The molecule has 6 heteroatoms. The third-order valence-electron chi connectivity index (χ3n) is 2.60. The van der Waals surface area contributed by atoms with Crippen LogP contribution in [0, 0.1) is 17.5 Å². The molecular weight excluding hydrogens is 271 g/mol. The van der Waals surface area contributed by atoms with Crippen molar-refractivity contribution in [2.75, 3.05) is 12.4 Å². The van der Waals surface area contributed by atoms with E-state index in [9.17, 15) is 18.0 Å². The fourth-order valence-electron chi connectivity index (χ4n) is 1.68. The number of amides is 1. The second kappa shape index (κ2) is 5.64. The van der Waals surface area contributed by atoms with Crippen LogP contribution in [-0.4, -0.2) is 13.0 Å². The molecule has 0 heterocycles. The second-order valence-electron chi connectivity index (χ2n) is 3.90. The fourth-order valence-corrected chi connectivity index (χ4v) is 1.68. The van der Waals surface area contributed by atoms with E-state index in [1.165, 1.54) is 19.2 Å². The monoisotopic (exact) mass is 281 g/mol. The van der Waals surface area contributed by atoms with E-state index in [0.29, 0.717) is 6.07 Å². The number of nitrogens with one attached hydrogen (secondary N) is 1. The first-order chi connectivity index (χ1) is 9.52. The van der Waals surface area contributed by atoms with Gasteiger partial charge in [-0.2, -0.15) is 0 Å². The van der Waals surface area contributed by atoms with E-state index in [2.05, 4.69) is 5.32 Å². The molecule has 0 saturated heterocycles. The van der Waals surface area contributed by atoms with Gasteiger partial charge >= 0.3 is 0 Å². The van der Waals surface area contributed by atoms with Gasteiger partial charge in [0.1, 0.15) is 11.6 Å². The van der Waals surface area contributed by atoms with Crippen LogP contribution in [0.15, 0.2) is 36.4 Å². The van der Waals surface area contributed by atoms with Gasteiger partial charge in [-0.25, -0.2) is 13.2 Å². The van der Waals surface area contributed by atoms with Gasteiger partial charge in [0.25, 0.3) is 5.91 Å². The van der Waals surface area contributed by atoms with Gasteiger partial charge in [0.05, 0.1) is 18.4 Å². The number of hydrogen-bond donors (Lipinski definition) is 1. The maximum Gasteiger partial charge on any atom is 0.259 e. The Morgan fingerprint density at radius 1 is 1.10 bits per heavy atom. The zero-order valence-corrected chi connectivity index (χ0v) is 10.4. The zero-order chi connectivity index (χ0) is 14.7. The molecule has 0 aliphatic heterocycles. The lowest BCUT2D eigenvalue weighted by Crippen LogP contribution is -2.14. The van der Waals surface area contributed by atoms with Crippen molar-refractivity contribution in [3.05, 3.63) is 59.4 Å². The minimum absolute atomic E-state index is 0.0868. The highest BCUT2D eigenvalue weighted by atomic mass is 19.1. The summed E-state index contributed by atoms with van der Waals surface area (Å²) in [5.74, 6) is -3.39. The lowest BCUT2D eigenvalue weighted by atomic mass is 10.1. The molecule has 20 heavy (non-hydrogen) atoms. The average molecular weight is 281 g/mol. The van der Waals surface area contributed by atoms with Gasteiger partial charge in [-0.1, -0.05) is 6.07 Å². The molecule has 104 valence electrons. The largest absolute Gasteiger partial charge is 0.493 e. The van der Waals surface area contributed by atoms with E-state index >= 15 is 0 Å². The first-order valence-corrected chi connectivity index (χ1v) is 5.62. The van der Waals surface area contributed by atoms with E-state index < -0.39 is 23.4 Å². The topological polar surface area (TPSA) is 38.3 Å². The quantitative estimate of drug-likeness (QED) is 0.936. The van der Waals surface area contributed by atoms with Gasteiger partial charge in [-0.05, 0) is 24.3 Å². The van der Waals surface area contributed by atoms with Gasteiger partial charge in [0.2, 0.25) is 0 Å². The van der Waals surface area contributed by atoms with E-state index in [1.807, 2.05) is 0 Å². The molecule has 0 aliphatic carbocycles. The molecule has 0 radical (unpaired) electrons. The number of para-hydroxylation sites is 1. The van der Waals surface area contributed by atoms with Crippen LogP contribution in [0.25, 0.3) is 0 Å². The highest BCUT2D eigenvalue weighted by Gasteiger charge is 2.17. The number of anilines is 1. The van der Waals surface area contributed by atoms with Crippen LogP contribution in [0.2, 0.25) is 0 Å². The lowest BCUT2D eigenvalue weighted by Gasteiger charge is -2.10. The smallest absolute Gasteiger partial charge is 0.259 e. The highest BCUT2D eigenvalue weighted by Crippen LogP contribution is 2.24. The Kier molecular flexibility index (Phi) is 3.93. The molecular formula is C14H10F3NO2. The summed E-state index contributed by atoms with van der Waals surface area (Å²) in [6.07, 6.45) is 0. The van der Waals surface area contributed by atoms with Gasteiger partial charge in [-0.3, -0.25) is 4.79 Å². The summed E-state index contributed by atoms with van der Waals surface area (Å²) in [6.45, 7) is 0. The predicted octanol–water partition coefficient (Wildman–Crippen LogP) is 3.36. The summed E-state index contributed by atoms with van der Waals surface area (Å²) >= 11 is 0. The van der Waals surface area contributed by atoms with Crippen LogP contribution < -0.4 is 10.1 Å². The van der Waals surface area contributed by atoms with Crippen LogP contribution in [0.1, 0.15) is 10.4 Å². The van der Waals surface area contributed by atoms with Crippen molar-refractivity contribution in [1.82, 2.24) is 0 Å². The minimum atomic E-state index is -0.922. The van der Waals surface area contributed by atoms with E-state index in [1.54, 1.807) is 0 Å². The number of hydrogen-bond acceptors (Lipinski definition) is 2. The fraction of sp³-hybridized carbons (Fsp3) is 0.0714. The Morgan fingerprint density at radius 3 is 2.50 bits per heavy atom. The molecule has 0 aliphatic rings. The van der Waals surface area contributed by atoms with Crippen LogP contribution >= 0.6 is 0 Å². The highest BCUT2D eigenvalue weighted by molar-refractivity contribution is 6.06. The summed E-state index contributed by atoms with van der Waals surface area (Å²) < 4.78 is 44.4. The molecule has 0 bridgehead atoms. The van der Waals surface area contributed by atoms with Crippen molar-refractivity contribution in [2.45, 2.75) is 0 Å². The number of carbonyl (C=O) groups excluding carboxylic acids is 1. The molecule has 2 aromatic carbocycles. The molecule has 0 unspecified atom stereocenters. The summed E-state index contributed by atoms with van der Waals surface area (Å²) in [7, 11) is 1.22.